The van der Waals surface area contributed by atoms with Crippen molar-refractivity contribution in [3.63, 3.8) is 0 Å². The molecule has 10 heteroatoms. The number of esters is 1. The predicted octanol–water partition coefficient (Wildman–Crippen LogP) is 3.22. The number of hydrogen-bond donors (Lipinski definition) is 1. The lowest BCUT2D eigenvalue weighted by Crippen LogP contribution is -2.47. The summed E-state index contributed by atoms with van der Waals surface area (Å²) in [7, 11) is -3.94. The fourth-order valence-corrected chi connectivity index (χ4v) is 5.13. The molecule has 1 N–H and O–H groups in total. The maximum atomic E-state index is 13.2. The SMILES string of the molecule is CCOC(=O)COc1ccc(NC(=O)[C@@]2(C)CCN(c3ccc(Cl)cc3)S2(=O)=O)cc1. The second kappa shape index (κ2) is 9.15. The number of halogens is 1. The summed E-state index contributed by atoms with van der Waals surface area (Å²) < 4.78 is 36.0. The van der Waals surface area contributed by atoms with Gasteiger partial charge in [0.1, 0.15) is 5.75 Å². The molecule has 3 rings (SSSR count). The van der Waals surface area contributed by atoms with E-state index in [1.807, 2.05) is 0 Å². The van der Waals surface area contributed by atoms with Gasteiger partial charge in [-0.05, 0) is 68.8 Å². The lowest BCUT2D eigenvalue weighted by Gasteiger charge is -2.25. The van der Waals surface area contributed by atoms with E-state index in [1.165, 1.54) is 11.2 Å². The molecule has 2 aromatic rings. The molecule has 0 aliphatic carbocycles. The lowest BCUT2D eigenvalue weighted by atomic mass is 10.1. The molecule has 1 amide bonds. The van der Waals surface area contributed by atoms with E-state index in [-0.39, 0.29) is 26.2 Å². The molecule has 1 fully saturated rings. The maximum absolute atomic E-state index is 13.2. The quantitative estimate of drug-likeness (QED) is 0.628. The molecule has 0 saturated carbocycles. The minimum Gasteiger partial charge on any atom is -0.482 e. The van der Waals surface area contributed by atoms with Crippen molar-refractivity contribution < 1.29 is 27.5 Å². The second-order valence-corrected chi connectivity index (χ2v) is 9.84. The zero-order chi connectivity index (χ0) is 22.6. The first-order valence-corrected chi connectivity index (χ1v) is 11.5. The standard InChI is InChI=1S/C21H23ClN2O6S/c1-3-29-19(25)14-30-18-10-6-16(7-11-18)23-20(26)21(2)12-13-24(31(21,27)28)17-8-4-15(22)5-9-17/h4-11H,3,12-14H2,1-2H3,(H,23,26)/t21-/m1/s1. The predicted molar refractivity (Wildman–Crippen MR) is 118 cm³/mol. The van der Waals surface area contributed by atoms with Crippen molar-refractivity contribution in [1.29, 1.82) is 0 Å². The Bertz CT molecular complexity index is 1060. The maximum Gasteiger partial charge on any atom is 0.344 e. The monoisotopic (exact) mass is 466 g/mol. The van der Waals surface area contributed by atoms with Gasteiger partial charge < -0.3 is 14.8 Å². The van der Waals surface area contributed by atoms with Crippen LogP contribution < -0.4 is 14.4 Å². The Morgan fingerprint density at radius 1 is 1.13 bits per heavy atom. The molecule has 1 saturated heterocycles. The number of anilines is 2. The van der Waals surface area contributed by atoms with Crippen LogP contribution in [-0.2, 0) is 24.3 Å². The highest BCUT2D eigenvalue weighted by Gasteiger charge is 2.54. The van der Waals surface area contributed by atoms with Gasteiger partial charge in [-0.3, -0.25) is 9.10 Å². The van der Waals surface area contributed by atoms with E-state index in [2.05, 4.69) is 5.32 Å². The van der Waals surface area contributed by atoms with Gasteiger partial charge in [0, 0.05) is 17.3 Å². The summed E-state index contributed by atoms with van der Waals surface area (Å²) in [5.74, 6) is -0.687. The minimum atomic E-state index is -3.94. The highest BCUT2D eigenvalue weighted by molar-refractivity contribution is 7.95. The fourth-order valence-electron chi connectivity index (χ4n) is 3.16. The van der Waals surface area contributed by atoms with E-state index < -0.39 is 26.6 Å². The van der Waals surface area contributed by atoms with E-state index in [9.17, 15) is 18.0 Å². The van der Waals surface area contributed by atoms with Crippen LogP contribution in [0.1, 0.15) is 20.3 Å². The number of nitrogens with zero attached hydrogens (tertiary/aromatic N) is 1. The first-order valence-electron chi connectivity index (χ1n) is 9.65. The molecule has 0 spiro atoms. The van der Waals surface area contributed by atoms with Crippen LogP contribution in [-0.4, -0.2) is 44.8 Å². The zero-order valence-electron chi connectivity index (χ0n) is 17.1. The molecule has 1 heterocycles. The second-order valence-electron chi connectivity index (χ2n) is 7.11. The van der Waals surface area contributed by atoms with Gasteiger partial charge in [0.05, 0.1) is 12.3 Å². The van der Waals surface area contributed by atoms with E-state index in [4.69, 9.17) is 21.1 Å². The summed E-state index contributed by atoms with van der Waals surface area (Å²) >= 11 is 5.88. The number of hydrogen-bond acceptors (Lipinski definition) is 6. The number of sulfonamides is 1. The molecule has 31 heavy (non-hydrogen) atoms. The number of ether oxygens (including phenoxy) is 2. The Morgan fingerprint density at radius 2 is 1.77 bits per heavy atom. The van der Waals surface area contributed by atoms with Crippen molar-refractivity contribution >= 4 is 44.9 Å². The first kappa shape index (κ1) is 22.9. The van der Waals surface area contributed by atoms with E-state index in [0.29, 0.717) is 22.1 Å². The van der Waals surface area contributed by atoms with E-state index in [0.717, 1.165) is 0 Å². The van der Waals surface area contributed by atoms with Gasteiger partial charge in [-0.25, -0.2) is 13.2 Å². The van der Waals surface area contributed by atoms with Crippen LogP contribution in [0.5, 0.6) is 5.75 Å². The summed E-state index contributed by atoms with van der Waals surface area (Å²) in [5.41, 5.74) is 0.874. The van der Waals surface area contributed by atoms with E-state index in [1.54, 1.807) is 55.5 Å². The summed E-state index contributed by atoms with van der Waals surface area (Å²) in [4.78, 5) is 24.3. The molecule has 1 atom stereocenters. The minimum absolute atomic E-state index is 0.143. The third-order valence-electron chi connectivity index (χ3n) is 5.02. The van der Waals surface area contributed by atoms with Crippen molar-refractivity contribution in [2.45, 2.75) is 25.0 Å². The van der Waals surface area contributed by atoms with Gasteiger partial charge in [0.2, 0.25) is 15.9 Å². The summed E-state index contributed by atoms with van der Waals surface area (Å²) in [5, 5.41) is 3.16. The van der Waals surface area contributed by atoms with Crippen LogP contribution in [0.2, 0.25) is 5.02 Å². The molecule has 1 aliphatic heterocycles. The smallest absolute Gasteiger partial charge is 0.344 e. The largest absolute Gasteiger partial charge is 0.482 e. The van der Waals surface area contributed by atoms with Crippen LogP contribution >= 0.6 is 11.6 Å². The number of carbonyl (C=O) groups is 2. The molecule has 1 aliphatic rings. The van der Waals surface area contributed by atoms with Crippen molar-refractivity contribution in [2.24, 2.45) is 0 Å². The topological polar surface area (TPSA) is 102 Å². The molecule has 0 bridgehead atoms. The Kier molecular flexibility index (Phi) is 6.76. The summed E-state index contributed by atoms with van der Waals surface area (Å²) in [6.07, 6.45) is 0.143. The van der Waals surface area contributed by atoms with Gasteiger partial charge in [0.25, 0.3) is 0 Å². The van der Waals surface area contributed by atoms with Gasteiger partial charge >= 0.3 is 5.97 Å². The zero-order valence-corrected chi connectivity index (χ0v) is 18.7. The highest BCUT2D eigenvalue weighted by atomic mass is 35.5. The summed E-state index contributed by atoms with van der Waals surface area (Å²) in [6.45, 7) is 3.36. The Balaban J connectivity index is 1.68. The van der Waals surface area contributed by atoms with Gasteiger partial charge in [-0.15, -0.1) is 0 Å². The Morgan fingerprint density at radius 3 is 2.39 bits per heavy atom. The Hall–Kier alpha value is -2.78. The highest BCUT2D eigenvalue weighted by Crippen LogP contribution is 2.37. The number of nitrogens with one attached hydrogen (secondary N) is 1. The fraction of sp³-hybridized carbons (Fsp3) is 0.333. The van der Waals surface area contributed by atoms with Crippen molar-refractivity contribution in [3.8, 4) is 5.75 Å². The first-order chi connectivity index (χ1) is 14.7. The van der Waals surface area contributed by atoms with Crippen molar-refractivity contribution in [1.82, 2.24) is 0 Å². The van der Waals surface area contributed by atoms with Gasteiger partial charge in [-0.1, -0.05) is 11.6 Å². The number of benzene rings is 2. The molecule has 8 nitrogen and oxygen atoms in total. The Labute approximate surface area is 186 Å². The molecule has 0 radical (unpaired) electrons. The van der Waals surface area contributed by atoms with Gasteiger partial charge in [0.15, 0.2) is 11.4 Å². The molecule has 0 unspecified atom stereocenters. The molecule has 166 valence electrons. The third-order valence-corrected chi connectivity index (χ3v) is 7.77. The number of amides is 1. The lowest BCUT2D eigenvalue weighted by molar-refractivity contribution is -0.145. The average molecular weight is 467 g/mol. The molecule has 0 aromatic heterocycles. The molecular formula is C21H23ClN2O6S. The average Bonchev–Trinajstić information content (AvgIpc) is 2.98. The van der Waals surface area contributed by atoms with Crippen molar-refractivity contribution in [3.05, 3.63) is 53.6 Å². The van der Waals surface area contributed by atoms with Gasteiger partial charge in [-0.2, -0.15) is 0 Å². The van der Waals surface area contributed by atoms with Crippen LogP contribution in [0.15, 0.2) is 48.5 Å². The molecule has 2 aromatic carbocycles. The van der Waals surface area contributed by atoms with Crippen molar-refractivity contribution in [2.75, 3.05) is 29.4 Å². The normalized spacial score (nSPS) is 19.6. The summed E-state index contributed by atoms with van der Waals surface area (Å²) in [6, 6.07) is 12.7. The third kappa shape index (κ3) is 4.77. The molecular weight excluding hydrogens is 444 g/mol. The van der Waals surface area contributed by atoms with Crippen LogP contribution in [0.25, 0.3) is 0 Å². The van der Waals surface area contributed by atoms with E-state index >= 15 is 0 Å². The van der Waals surface area contributed by atoms with Crippen LogP contribution in [0.4, 0.5) is 11.4 Å². The number of rotatable bonds is 7. The van der Waals surface area contributed by atoms with Crippen LogP contribution in [0.3, 0.4) is 0 Å². The van der Waals surface area contributed by atoms with Crippen LogP contribution in [0, 0.1) is 0 Å². The number of carbonyl (C=O) groups excluding carboxylic acids is 2.